The Morgan fingerprint density at radius 2 is 1.80 bits per heavy atom. The summed E-state index contributed by atoms with van der Waals surface area (Å²) in [7, 11) is 4.26. The summed E-state index contributed by atoms with van der Waals surface area (Å²) < 4.78 is 23.6. The van der Waals surface area contributed by atoms with Crippen LogP contribution in [0.3, 0.4) is 0 Å². The molecule has 1 aromatic rings. The fourth-order valence-corrected chi connectivity index (χ4v) is 1.31. The third-order valence-corrected chi connectivity index (χ3v) is 1.99. The van der Waals surface area contributed by atoms with Crippen LogP contribution in [-0.2, 0) is 6.54 Å². The number of nitrogens with zero attached hydrogens (tertiary/aromatic N) is 1. The van der Waals surface area contributed by atoms with Gasteiger partial charge in [-0.1, -0.05) is 0 Å². The van der Waals surface area contributed by atoms with Crippen molar-refractivity contribution in [3.63, 3.8) is 0 Å². The zero-order chi connectivity index (χ0) is 11.4. The van der Waals surface area contributed by atoms with Gasteiger partial charge in [0.1, 0.15) is 5.75 Å². The second-order valence-electron chi connectivity index (χ2n) is 3.08. The van der Waals surface area contributed by atoms with E-state index < -0.39 is 5.82 Å². The van der Waals surface area contributed by atoms with E-state index in [2.05, 4.69) is 0 Å². The van der Waals surface area contributed by atoms with Crippen LogP contribution in [0, 0.1) is 5.82 Å². The maximum Gasteiger partial charge on any atom is 0.173 e. The van der Waals surface area contributed by atoms with Gasteiger partial charge in [0.25, 0.3) is 0 Å². The predicted molar refractivity (Wildman–Crippen MR) is 52.8 cm³/mol. The van der Waals surface area contributed by atoms with Crippen molar-refractivity contribution in [2.24, 2.45) is 0 Å². The molecule has 0 amide bonds. The molecule has 0 aliphatic carbocycles. The maximum absolute atomic E-state index is 13.7. The Balaban J connectivity index is 3.16. The first-order valence-electron chi connectivity index (χ1n) is 4.39. The fraction of sp³-hybridized carbons (Fsp3) is 0.400. The number of hydroxylamine groups is 2. The molecule has 4 nitrogen and oxygen atoms in total. The lowest BCUT2D eigenvalue weighted by Crippen LogP contribution is -2.14. The van der Waals surface area contributed by atoms with Gasteiger partial charge in [0.05, 0.1) is 26.3 Å². The summed E-state index contributed by atoms with van der Waals surface area (Å²) in [6.07, 6.45) is 0. The van der Waals surface area contributed by atoms with Gasteiger partial charge in [0.15, 0.2) is 11.6 Å². The number of methoxy groups -OCH3 is 2. The molecule has 0 unspecified atom stereocenters. The van der Waals surface area contributed by atoms with Gasteiger partial charge >= 0.3 is 0 Å². The highest BCUT2D eigenvalue weighted by molar-refractivity contribution is 5.41. The first-order valence-corrected chi connectivity index (χ1v) is 4.39. The van der Waals surface area contributed by atoms with E-state index in [0.29, 0.717) is 5.75 Å². The van der Waals surface area contributed by atoms with E-state index in [0.717, 1.165) is 5.06 Å². The number of hydrogen-bond acceptors (Lipinski definition) is 4. The van der Waals surface area contributed by atoms with Crippen LogP contribution >= 0.6 is 0 Å². The first-order chi connectivity index (χ1) is 7.10. The van der Waals surface area contributed by atoms with Crippen molar-refractivity contribution in [3.05, 3.63) is 23.5 Å². The highest BCUT2D eigenvalue weighted by atomic mass is 19.1. The Kier molecular flexibility index (Phi) is 3.88. The van der Waals surface area contributed by atoms with Crippen molar-refractivity contribution in [2.45, 2.75) is 6.54 Å². The minimum absolute atomic E-state index is 0.0339. The van der Waals surface area contributed by atoms with Gasteiger partial charge in [-0.15, -0.1) is 0 Å². The summed E-state index contributed by atoms with van der Waals surface area (Å²) >= 11 is 0. The minimum Gasteiger partial charge on any atom is -0.496 e. The Morgan fingerprint density at radius 3 is 2.27 bits per heavy atom. The van der Waals surface area contributed by atoms with Gasteiger partial charge in [0, 0.05) is 7.05 Å². The van der Waals surface area contributed by atoms with E-state index in [1.54, 1.807) is 6.07 Å². The molecule has 0 atom stereocenters. The van der Waals surface area contributed by atoms with Crippen molar-refractivity contribution >= 4 is 0 Å². The highest BCUT2D eigenvalue weighted by Gasteiger charge is 2.15. The molecule has 1 aromatic carbocycles. The number of benzene rings is 1. The van der Waals surface area contributed by atoms with Gasteiger partial charge < -0.3 is 14.7 Å². The van der Waals surface area contributed by atoms with Gasteiger partial charge in [0.2, 0.25) is 0 Å². The largest absolute Gasteiger partial charge is 0.496 e. The molecule has 0 radical (unpaired) electrons. The fourth-order valence-electron chi connectivity index (χ4n) is 1.31. The predicted octanol–water partition coefficient (Wildman–Crippen LogP) is 1.66. The molecule has 0 aliphatic heterocycles. The molecule has 0 saturated heterocycles. The summed E-state index contributed by atoms with van der Waals surface area (Å²) in [4.78, 5) is 0. The molecule has 0 aromatic heterocycles. The number of halogens is 1. The summed E-state index contributed by atoms with van der Waals surface area (Å²) in [5.74, 6) is -0.000370. The molecule has 0 bridgehead atoms. The summed E-state index contributed by atoms with van der Waals surface area (Å²) in [5, 5.41) is 9.96. The molecule has 0 spiro atoms. The highest BCUT2D eigenvalue weighted by Crippen LogP contribution is 2.29. The third-order valence-electron chi connectivity index (χ3n) is 1.99. The Hall–Kier alpha value is -1.33. The molecule has 84 valence electrons. The normalized spacial score (nSPS) is 10.5. The molecular weight excluding hydrogens is 201 g/mol. The average molecular weight is 215 g/mol. The lowest BCUT2D eigenvalue weighted by molar-refractivity contribution is -0.0743. The monoisotopic (exact) mass is 215 g/mol. The van der Waals surface area contributed by atoms with Crippen LogP contribution in [0.2, 0.25) is 0 Å². The molecule has 1 N–H and O–H groups in total. The van der Waals surface area contributed by atoms with E-state index in [1.807, 2.05) is 0 Å². The summed E-state index contributed by atoms with van der Waals surface area (Å²) in [6, 6.07) is 3.08. The van der Waals surface area contributed by atoms with E-state index in [9.17, 15) is 4.39 Å². The van der Waals surface area contributed by atoms with Crippen LogP contribution in [-0.4, -0.2) is 31.5 Å². The molecule has 0 heterocycles. The SMILES string of the molecule is COc1ccc(OC)c(CN(C)O)c1F. The topological polar surface area (TPSA) is 41.9 Å². The molecule has 5 heteroatoms. The standard InChI is InChI=1S/C10H14FNO3/c1-12(13)6-7-8(14-2)4-5-9(15-3)10(7)11/h4-5,13H,6H2,1-3H3. The molecule has 15 heavy (non-hydrogen) atoms. The molecule has 0 aliphatic rings. The zero-order valence-electron chi connectivity index (χ0n) is 8.95. The van der Waals surface area contributed by atoms with Crippen LogP contribution < -0.4 is 9.47 Å². The Bertz CT molecular complexity index is 342. The molecule has 0 fully saturated rings. The van der Waals surface area contributed by atoms with Crippen molar-refractivity contribution in [1.29, 1.82) is 0 Å². The average Bonchev–Trinajstić information content (AvgIpc) is 2.20. The van der Waals surface area contributed by atoms with E-state index in [-0.39, 0.29) is 17.9 Å². The van der Waals surface area contributed by atoms with Crippen LogP contribution in [0.15, 0.2) is 12.1 Å². The molecule has 0 saturated carbocycles. The number of hydrogen-bond donors (Lipinski definition) is 1. The number of rotatable bonds is 4. The van der Waals surface area contributed by atoms with Gasteiger partial charge in [-0.3, -0.25) is 0 Å². The molecule has 1 rings (SSSR count). The first kappa shape index (κ1) is 11.7. The van der Waals surface area contributed by atoms with Gasteiger partial charge in [-0.2, -0.15) is 5.06 Å². The van der Waals surface area contributed by atoms with Gasteiger partial charge in [-0.05, 0) is 12.1 Å². The lowest BCUT2D eigenvalue weighted by Gasteiger charge is -2.14. The van der Waals surface area contributed by atoms with Crippen molar-refractivity contribution < 1.29 is 19.1 Å². The Labute approximate surface area is 87.8 Å². The van der Waals surface area contributed by atoms with Crippen molar-refractivity contribution in [2.75, 3.05) is 21.3 Å². The maximum atomic E-state index is 13.7. The summed E-state index contributed by atoms with van der Waals surface area (Å²) in [5.41, 5.74) is 0.266. The number of ether oxygens (including phenoxy) is 2. The minimum atomic E-state index is -0.516. The second-order valence-corrected chi connectivity index (χ2v) is 3.08. The van der Waals surface area contributed by atoms with Crippen LogP contribution in [0.25, 0.3) is 0 Å². The molecular formula is C10H14FNO3. The van der Waals surface area contributed by atoms with Crippen molar-refractivity contribution in [3.8, 4) is 11.5 Å². The van der Waals surface area contributed by atoms with Crippen molar-refractivity contribution in [1.82, 2.24) is 5.06 Å². The van der Waals surface area contributed by atoms with Crippen LogP contribution in [0.4, 0.5) is 4.39 Å². The van der Waals surface area contributed by atoms with E-state index >= 15 is 0 Å². The smallest absolute Gasteiger partial charge is 0.173 e. The Morgan fingerprint density at radius 1 is 1.27 bits per heavy atom. The lowest BCUT2D eigenvalue weighted by atomic mass is 10.1. The van der Waals surface area contributed by atoms with E-state index in [1.165, 1.54) is 27.3 Å². The quantitative estimate of drug-likeness (QED) is 0.776. The van der Waals surface area contributed by atoms with Crippen LogP contribution in [0.5, 0.6) is 11.5 Å². The zero-order valence-corrected chi connectivity index (χ0v) is 8.95. The van der Waals surface area contributed by atoms with Crippen LogP contribution in [0.1, 0.15) is 5.56 Å². The van der Waals surface area contributed by atoms with Gasteiger partial charge in [-0.25, -0.2) is 4.39 Å². The summed E-state index contributed by atoms with van der Waals surface area (Å²) in [6.45, 7) is 0.0339. The third kappa shape index (κ3) is 2.57. The second kappa shape index (κ2) is 4.95. The van der Waals surface area contributed by atoms with E-state index in [4.69, 9.17) is 14.7 Å².